The van der Waals surface area contributed by atoms with Gasteiger partial charge in [-0.15, -0.1) is 18.0 Å². The van der Waals surface area contributed by atoms with E-state index in [9.17, 15) is 4.79 Å². The van der Waals surface area contributed by atoms with Crippen molar-refractivity contribution >= 4 is 32.5 Å². The van der Waals surface area contributed by atoms with Crippen LogP contribution in [-0.4, -0.2) is 41.5 Å². The van der Waals surface area contributed by atoms with Crippen LogP contribution in [0.15, 0.2) is 97.6 Å². The molecule has 0 aliphatic carbocycles. The Morgan fingerprint density at radius 3 is 2.00 bits per heavy atom. The van der Waals surface area contributed by atoms with Crippen molar-refractivity contribution in [3.05, 3.63) is 103 Å². The van der Waals surface area contributed by atoms with Gasteiger partial charge in [-0.05, 0) is 64.7 Å². The average Bonchev–Trinajstić information content (AvgIpc) is 3.05. The molecule has 3 rings (SSSR count). The quantitative estimate of drug-likeness (QED) is 0.0542. The first kappa shape index (κ1) is 37.8. The minimum atomic E-state index is -2.88. The fourth-order valence-electron chi connectivity index (χ4n) is 5.48. The molecule has 4 nitrogen and oxygen atoms in total. The van der Waals surface area contributed by atoms with E-state index in [0.717, 1.165) is 24.2 Å². The van der Waals surface area contributed by atoms with Gasteiger partial charge >= 0.3 is 0 Å². The first-order chi connectivity index (χ1) is 22.4. The lowest BCUT2D eigenvalue weighted by Gasteiger charge is -2.44. The monoisotopic (exact) mass is 664 g/mol. The third-order valence-electron chi connectivity index (χ3n) is 7.86. The summed E-state index contributed by atoms with van der Waals surface area (Å²) >= 11 is 0. The molecule has 0 aromatic heterocycles. The van der Waals surface area contributed by atoms with Gasteiger partial charge in [-0.25, -0.2) is 0 Å². The second kappa shape index (κ2) is 18.0. The number of Topliss-reactive ketones (excluding diaryl/α,β-unsaturated/α-hetero) is 1. The van der Waals surface area contributed by atoms with Crippen LogP contribution in [0.1, 0.15) is 58.4 Å². The Bertz CT molecular complexity index is 1490. The van der Waals surface area contributed by atoms with Crippen molar-refractivity contribution in [3.8, 4) is 29.1 Å². The zero-order valence-electron chi connectivity index (χ0n) is 29.4. The largest absolute Gasteiger partial charge is 0.497 e. The third-order valence-corrected chi connectivity index (χ3v) is 13.8. The molecule has 47 heavy (non-hydrogen) atoms. The van der Waals surface area contributed by atoms with Gasteiger partial charge in [0.2, 0.25) is 5.78 Å². The van der Waals surface area contributed by atoms with Crippen molar-refractivity contribution in [2.24, 2.45) is 0 Å². The highest BCUT2D eigenvalue weighted by Gasteiger charge is 2.51. The Morgan fingerprint density at radius 2 is 1.49 bits per heavy atom. The molecule has 0 unspecified atom stereocenters. The molecular formula is C41H52O4Si2. The molecule has 0 N–H and O–H groups in total. The van der Waals surface area contributed by atoms with Crippen molar-refractivity contribution in [1.29, 1.82) is 0 Å². The number of carbonyl (C=O) groups is 1. The van der Waals surface area contributed by atoms with Crippen molar-refractivity contribution in [3.63, 3.8) is 0 Å². The number of carbonyl (C=O) groups excluding carboxylic acids is 1. The average molecular weight is 665 g/mol. The molecule has 248 valence electrons. The number of hydrogen-bond acceptors (Lipinski definition) is 4. The molecule has 2 atom stereocenters. The molecule has 0 radical (unpaired) electrons. The van der Waals surface area contributed by atoms with E-state index in [-0.39, 0.29) is 10.8 Å². The second-order valence-corrected chi connectivity index (χ2v) is 22.9. The van der Waals surface area contributed by atoms with E-state index in [4.69, 9.17) is 13.9 Å². The highest BCUT2D eigenvalue weighted by Crippen LogP contribution is 2.38. The predicted octanol–water partition coefficient (Wildman–Crippen LogP) is 8.12. The van der Waals surface area contributed by atoms with Crippen LogP contribution in [0.4, 0.5) is 0 Å². The summed E-state index contributed by atoms with van der Waals surface area (Å²) in [6.45, 7) is 17.6. The summed E-state index contributed by atoms with van der Waals surface area (Å²) in [4.78, 5) is 13.8. The van der Waals surface area contributed by atoms with Crippen LogP contribution in [0.2, 0.25) is 24.7 Å². The number of rotatable bonds is 15. The topological polar surface area (TPSA) is 44.8 Å². The Morgan fingerprint density at radius 1 is 0.894 bits per heavy atom. The van der Waals surface area contributed by atoms with Crippen molar-refractivity contribution < 1.29 is 18.7 Å². The predicted molar refractivity (Wildman–Crippen MR) is 201 cm³/mol. The van der Waals surface area contributed by atoms with Crippen LogP contribution in [0.5, 0.6) is 5.75 Å². The van der Waals surface area contributed by atoms with Crippen LogP contribution < -0.4 is 15.1 Å². The normalized spacial score (nSPS) is 12.9. The summed E-state index contributed by atoms with van der Waals surface area (Å²) < 4.78 is 18.9. The lowest BCUT2D eigenvalue weighted by Crippen LogP contribution is -2.67. The van der Waals surface area contributed by atoms with Crippen LogP contribution in [-0.2, 0) is 20.6 Å². The molecule has 0 saturated carbocycles. The molecule has 3 aromatic carbocycles. The maximum atomic E-state index is 13.8. The van der Waals surface area contributed by atoms with Crippen molar-refractivity contribution in [2.45, 2.75) is 96.4 Å². The zero-order valence-corrected chi connectivity index (χ0v) is 31.4. The number of ketones is 1. The minimum Gasteiger partial charge on any atom is -0.497 e. The summed E-state index contributed by atoms with van der Waals surface area (Å²) in [5.41, 5.74) is 4.36. The molecular weight excluding hydrogens is 613 g/mol. The van der Waals surface area contributed by atoms with Crippen LogP contribution in [0, 0.1) is 23.3 Å². The number of allylic oxidation sites excluding steroid dienone is 1. The van der Waals surface area contributed by atoms with E-state index >= 15 is 0 Å². The number of benzene rings is 3. The Balaban J connectivity index is 1.98. The maximum absolute atomic E-state index is 13.8. The van der Waals surface area contributed by atoms with E-state index < -0.39 is 28.6 Å². The zero-order chi connectivity index (χ0) is 34.3. The third kappa shape index (κ3) is 11.5. The van der Waals surface area contributed by atoms with Gasteiger partial charge in [0.25, 0.3) is 8.32 Å². The smallest absolute Gasteiger partial charge is 0.262 e. The minimum absolute atomic E-state index is 0.211. The van der Waals surface area contributed by atoms with E-state index in [1.54, 1.807) is 7.11 Å². The number of ether oxygens (including phenoxy) is 2. The Labute approximate surface area is 286 Å². The number of unbranched alkanes of at least 4 members (excludes halogenated alkanes) is 1. The Kier molecular flexibility index (Phi) is 14.5. The summed E-state index contributed by atoms with van der Waals surface area (Å²) in [5.74, 6) is 10.1. The highest BCUT2D eigenvalue weighted by molar-refractivity contribution is 6.99. The lowest BCUT2D eigenvalue weighted by atomic mass is 10.1. The molecule has 6 heteroatoms. The molecule has 0 aliphatic heterocycles. The van der Waals surface area contributed by atoms with Crippen LogP contribution in [0.25, 0.3) is 0 Å². The van der Waals surface area contributed by atoms with Gasteiger partial charge in [0, 0.05) is 6.42 Å². The standard InChI is InChI=1S/C41H52O4Si2/c1-9-10-13-20-36(45-47(41(2,3)4,37-21-14-11-15-22-37)38-23-16-12-17-24-38)30-31-39(42)40(25-18-19-32-46(6,7)8)44-33-34-26-28-35(43-5)29-27-34/h9,11-12,14-17,21-24,26-29,36,40H,1,10,13,18,20,25,33H2,2-8H3/t36-,40-/m0/s1. The van der Waals surface area contributed by atoms with E-state index in [0.29, 0.717) is 25.9 Å². The fraction of sp³-hybridized carbons (Fsp3) is 0.390. The molecule has 0 saturated heterocycles. The van der Waals surface area contributed by atoms with Gasteiger partial charge in [0.1, 0.15) is 26.0 Å². The molecule has 0 heterocycles. The van der Waals surface area contributed by atoms with E-state index in [1.807, 2.05) is 42.5 Å². The van der Waals surface area contributed by atoms with Gasteiger partial charge in [-0.2, -0.15) is 0 Å². The summed E-state index contributed by atoms with van der Waals surface area (Å²) in [6.07, 6.45) is 4.24. The van der Waals surface area contributed by atoms with Crippen LogP contribution in [0.3, 0.4) is 0 Å². The van der Waals surface area contributed by atoms with Gasteiger partial charge in [0.05, 0.1) is 13.7 Å². The maximum Gasteiger partial charge on any atom is 0.262 e. The number of hydrogen-bond donors (Lipinski definition) is 0. The highest BCUT2D eigenvalue weighted by atomic mass is 28.4. The van der Waals surface area contributed by atoms with E-state index in [1.165, 1.54) is 10.4 Å². The fourth-order valence-corrected chi connectivity index (χ4v) is 10.8. The Hall–Kier alpha value is -3.66. The molecule has 0 fully saturated rings. The van der Waals surface area contributed by atoms with Gasteiger partial charge in [0.15, 0.2) is 0 Å². The van der Waals surface area contributed by atoms with Gasteiger partial charge < -0.3 is 13.9 Å². The lowest BCUT2D eigenvalue weighted by molar-refractivity contribution is -0.125. The first-order valence-electron chi connectivity index (χ1n) is 16.6. The van der Waals surface area contributed by atoms with E-state index in [2.05, 4.69) is 119 Å². The number of methoxy groups -OCH3 is 1. The van der Waals surface area contributed by atoms with Gasteiger partial charge in [-0.3, -0.25) is 4.79 Å². The second-order valence-electron chi connectivity index (χ2n) is 13.9. The molecule has 0 aliphatic rings. The first-order valence-corrected chi connectivity index (χ1v) is 22.0. The van der Waals surface area contributed by atoms with Crippen molar-refractivity contribution in [2.75, 3.05) is 7.11 Å². The van der Waals surface area contributed by atoms with Crippen LogP contribution >= 0.6 is 0 Å². The molecule has 3 aromatic rings. The molecule has 0 spiro atoms. The SMILES string of the molecule is C=CCCC[C@@H](C#CC(=O)[C@H](CCC#C[Si](C)(C)C)OCc1ccc(OC)cc1)O[Si](c1ccccc1)(c1ccccc1)C(C)(C)C. The summed E-state index contributed by atoms with van der Waals surface area (Å²) in [6, 6.07) is 28.8. The summed E-state index contributed by atoms with van der Waals surface area (Å²) in [5, 5.41) is 2.15. The summed E-state index contributed by atoms with van der Waals surface area (Å²) in [7, 11) is -2.76. The van der Waals surface area contributed by atoms with Crippen molar-refractivity contribution in [1.82, 2.24) is 0 Å². The van der Waals surface area contributed by atoms with Gasteiger partial charge in [-0.1, -0.05) is 125 Å². The molecule has 0 bridgehead atoms. The molecule has 0 amide bonds.